The van der Waals surface area contributed by atoms with Crippen LogP contribution in [0.15, 0.2) is 0 Å². The Balaban J connectivity index is 3.88. The third kappa shape index (κ3) is 10.3. The molecule has 0 aromatic carbocycles. The lowest BCUT2D eigenvalue weighted by molar-refractivity contribution is -0.162. The Labute approximate surface area is 129 Å². The second-order valence-electron chi connectivity index (χ2n) is 5.42. The Morgan fingerprint density at radius 3 is 1.48 bits per heavy atom. The van der Waals surface area contributed by atoms with Gasteiger partial charge in [0.1, 0.15) is 0 Å². The summed E-state index contributed by atoms with van der Waals surface area (Å²) in [5, 5.41) is 0. The van der Waals surface area contributed by atoms with Crippen molar-refractivity contribution < 1.29 is 19.1 Å². The van der Waals surface area contributed by atoms with Gasteiger partial charge < -0.3 is 9.47 Å². The highest BCUT2D eigenvalue weighted by Gasteiger charge is 2.27. The molecule has 0 N–H and O–H groups in total. The zero-order chi connectivity index (χ0) is 15.9. The second-order valence-corrected chi connectivity index (χ2v) is 5.42. The maximum atomic E-state index is 11.9. The van der Waals surface area contributed by atoms with Crippen LogP contribution < -0.4 is 0 Å². The SMILES string of the molecule is CCCCCCOC(=O)C(CC)C(=O)OCCCCCC. The fraction of sp³-hybridized carbons (Fsp3) is 0.882. The van der Waals surface area contributed by atoms with Gasteiger partial charge in [0, 0.05) is 0 Å². The average Bonchev–Trinajstić information content (AvgIpc) is 2.47. The van der Waals surface area contributed by atoms with Crippen molar-refractivity contribution in [3.8, 4) is 0 Å². The predicted molar refractivity (Wildman–Crippen MR) is 84.0 cm³/mol. The Morgan fingerprint density at radius 2 is 1.14 bits per heavy atom. The summed E-state index contributed by atoms with van der Waals surface area (Å²) < 4.78 is 10.3. The van der Waals surface area contributed by atoms with E-state index in [0.29, 0.717) is 19.6 Å². The molecule has 0 aliphatic heterocycles. The number of hydrogen-bond acceptors (Lipinski definition) is 4. The van der Waals surface area contributed by atoms with Crippen LogP contribution in [0.1, 0.15) is 78.6 Å². The fourth-order valence-electron chi connectivity index (χ4n) is 2.03. The molecule has 4 nitrogen and oxygen atoms in total. The molecule has 21 heavy (non-hydrogen) atoms. The van der Waals surface area contributed by atoms with Crippen molar-refractivity contribution in [2.45, 2.75) is 78.6 Å². The summed E-state index contributed by atoms with van der Waals surface area (Å²) >= 11 is 0. The third-order valence-corrected chi connectivity index (χ3v) is 3.46. The van der Waals surface area contributed by atoms with Crippen LogP contribution in [0.25, 0.3) is 0 Å². The van der Waals surface area contributed by atoms with Gasteiger partial charge >= 0.3 is 11.9 Å². The van der Waals surface area contributed by atoms with Crippen LogP contribution in [0, 0.1) is 5.92 Å². The monoisotopic (exact) mass is 300 g/mol. The van der Waals surface area contributed by atoms with Crippen molar-refractivity contribution in [2.24, 2.45) is 5.92 Å². The Bertz CT molecular complexity index is 250. The van der Waals surface area contributed by atoms with Gasteiger partial charge in [0.2, 0.25) is 0 Å². The smallest absolute Gasteiger partial charge is 0.320 e. The first kappa shape index (κ1) is 19.9. The highest BCUT2D eigenvalue weighted by atomic mass is 16.6. The van der Waals surface area contributed by atoms with Gasteiger partial charge in [0.05, 0.1) is 13.2 Å². The molecule has 4 heteroatoms. The van der Waals surface area contributed by atoms with Crippen molar-refractivity contribution >= 4 is 11.9 Å². The topological polar surface area (TPSA) is 52.6 Å². The lowest BCUT2D eigenvalue weighted by Gasteiger charge is -2.13. The van der Waals surface area contributed by atoms with Crippen LogP contribution >= 0.6 is 0 Å². The molecule has 0 radical (unpaired) electrons. The first-order valence-electron chi connectivity index (χ1n) is 8.50. The molecule has 0 aliphatic rings. The first-order chi connectivity index (χ1) is 10.2. The van der Waals surface area contributed by atoms with Crippen LogP contribution in [0.5, 0.6) is 0 Å². The van der Waals surface area contributed by atoms with E-state index < -0.39 is 17.9 Å². The standard InChI is InChI=1S/C17H32O4/c1-4-7-9-11-13-20-16(18)15(6-3)17(19)21-14-12-10-8-5-2/h15H,4-14H2,1-3H3. The number of hydrogen-bond donors (Lipinski definition) is 0. The zero-order valence-electron chi connectivity index (χ0n) is 14.0. The molecule has 124 valence electrons. The lowest BCUT2D eigenvalue weighted by atomic mass is 10.1. The molecule has 0 aromatic rings. The molecule has 0 aliphatic carbocycles. The number of rotatable bonds is 13. The van der Waals surface area contributed by atoms with Crippen LogP contribution in [-0.2, 0) is 19.1 Å². The molecule has 0 saturated carbocycles. The average molecular weight is 300 g/mol. The number of ether oxygens (including phenoxy) is 2. The van der Waals surface area contributed by atoms with E-state index in [-0.39, 0.29) is 0 Å². The van der Waals surface area contributed by atoms with Crippen molar-refractivity contribution in [1.82, 2.24) is 0 Å². The predicted octanol–water partition coefficient (Wildman–Crippen LogP) is 4.26. The van der Waals surface area contributed by atoms with Gasteiger partial charge in [-0.25, -0.2) is 0 Å². The van der Waals surface area contributed by atoms with Crippen LogP contribution in [0.2, 0.25) is 0 Å². The third-order valence-electron chi connectivity index (χ3n) is 3.46. The molecule has 0 spiro atoms. The van der Waals surface area contributed by atoms with Gasteiger partial charge in [-0.05, 0) is 19.3 Å². The van der Waals surface area contributed by atoms with Crippen molar-refractivity contribution in [3.63, 3.8) is 0 Å². The molecular weight excluding hydrogens is 268 g/mol. The highest BCUT2D eigenvalue weighted by Crippen LogP contribution is 2.10. The summed E-state index contributed by atoms with van der Waals surface area (Å²) in [5.74, 6) is -1.64. The Morgan fingerprint density at radius 1 is 0.714 bits per heavy atom. The van der Waals surface area contributed by atoms with Crippen molar-refractivity contribution in [3.05, 3.63) is 0 Å². The minimum absolute atomic E-state index is 0.402. The molecule has 0 heterocycles. The largest absolute Gasteiger partial charge is 0.465 e. The number of carbonyl (C=O) groups is 2. The molecule has 0 amide bonds. The molecule has 0 atom stereocenters. The fourth-order valence-corrected chi connectivity index (χ4v) is 2.03. The van der Waals surface area contributed by atoms with Crippen molar-refractivity contribution in [1.29, 1.82) is 0 Å². The van der Waals surface area contributed by atoms with Gasteiger partial charge in [0.15, 0.2) is 5.92 Å². The van der Waals surface area contributed by atoms with Crippen LogP contribution in [0.4, 0.5) is 0 Å². The molecule has 0 aromatic heterocycles. The Kier molecular flexibility index (Phi) is 13.2. The van der Waals surface area contributed by atoms with E-state index in [1.807, 2.05) is 0 Å². The summed E-state index contributed by atoms with van der Waals surface area (Å²) in [7, 11) is 0. The lowest BCUT2D eigenvalue weighted by Crippen LogP contribution is -2.28. The summed E-state index contributed by atoms with van der Waals surface area (Å²) in [6.45, 7) is 6.88. The first-order valence-corrected chi connectivity index (χ1v) is 8.50. The van der Waals surface area contributed by atoms with E-state index in [1.54, 1.807) is 6.92 Å². The molecular formula is C17H32O4. The van der Waals surface area contributed by atoms with E-state index in [2.05, 4.69) is 13.8 Å². The molecule has 0 unspecified atom stereocenters. The van der Waals surface area contributed by atoms with Crippen LogP contribution in [-0.4, -0.2) is 25.2 Å². The van der Waals surface area contributed by atoms with E-state index in [0.717, 1.165) is 51.4 Å². The van der Waals surface area contributed by atoms with E-state index >= 15 is 0 Å². The molecule has 0 rings (SSSR count). The number of carbonyl (C=O) groups excluding carboxylic acids is 2. The molecule has 0 bridgehead atoms. The minimum atomic E-state index is -0.762. The number of esters is 2. The zero-order valence-corrected chi connectivity index (χ0v) is 14.0. The van der Waals surface area contributed by atoms with E-state index in [9.17, 15) is 9.59 Å². The maximum absolute atomic E-state index is 11.9. The molecule has 0 fully saturated rings. The van der Waals surface area contributed by atoms with E-state index in [1.165, 1.54) is 0 Å². The summed E-state index contributed by atoms with van der Waals surface area (Å²) in [6, 6.07) is 0. The summed E-state index contributed by atoms with van der Waals surface area (Å²) in [6.07, 6.45) is 8.87. The van der Waals surface area contributed by atoms with Gasteiger partial charge in [-0.3, -0.25) is 9.59 Å². The van der Waals surface area contributed by atoms with Gasteiger partial charge in [-0.15, -0.1) is 0 Å². The van der Waals surface area contributed by atoms with E-state index in [4.69, 9.17) is 9.47 Å². The summed E-state index contributed by atoms with van der Waals surface area (Å²) in [5.41, 5.74) is 0. The summed E-state index contributed by atoms with van der Waals surface area (Å²) in [4.78, 5) is 23.7. The van der Waals surface area contributed by atoms with Crippen LogP contribution in [0.3, 0.4) is 0 Å². The van der Waals surface area contributed by atoms with Gasteiger partial charge in [-0.2, -0.15) is 0 Å². The van der Waals surface area contributed by atoms with Gasteiger partial charge in [0.25, 0.3) is 0 Å². The van der Waals surface area contributed by atoms with Gasteiger partial charge in [-0.1, -0.05) is 59.3 Å². The second kappa shape index (κ2) is 13.9. The highest BCUT2D eigenvalue weighted by molar-refractivity contribution is 5.94. The normalized spacial score (nSPS) is 10.7. The Hall–Kier alpha value is -1.06. The number of unbranched alkanes of at least 4 members (excludes halogenated alkanes) is 6. The quantitative estimate of drug-likeness (QED) is 0.290. The maximum Gasteiger partial charge on any atom is 0.320 e. The molecule has 0 saturated heterocycles. The van der Waals surface area contributed by atoms with Crippen molar-refractivity contribution in [2.75, 3.05) is 13.2 Å². The minimum Gasteiger partial charge on any atom is -0.465 e.